The van der Waals surface area contributed by atoms with Crippen molar-refractivity contribution < 1.29 is 4.39 Å². The maximum Gasteiger partial charge on any atom is 0.123 e. The molecule has 0 aliphatic heterocycles. The zero-order valence-electron chi connectivity index (χ0n) is 8.91. The van der Waals surface area contributed by atoms with E-state index in [2.05, 4.69) is 0 Å². The van der Waals surface area contributed by atoms with Crippen molar-refractivity contribution in [2.75, 3.05) is 5.73 Å². The number of hydrogen-bond donors (Lipinski definition) is 1. The Morgan fingerprint density at radius 3 is 2.44 bits per heavy atom. The summed E-state index contributed by atoms with van der Waals surface area (Å²) in [6, 6.07) is 12.3. The summed E-state index contributed by atoms with van der Waals surface area (Å²) in [5.41, 5.74) is 7.79. The van der Waals surface area contributed by atoms with Crippen molar-refractivity contribution in [3.63, 3.8) is 0 Å². The Bertz CT molecular complexity index is 494. The van der Waals surface area contributed by atoms with Crippen molar-refractivity contribution in [1.29, 1.82) is 0 Å². The maximum atomic E-state index is 12.7. The van der Waals surface area contributed by atoms with Crippen molar-refractivity contribution in [2.24, 2.45) is 0 Å². The molecule has 0 amide bonds. The molecule has 3 heteroatoms. The molecule has 0 aliphatic carbocycles. The van der Waals surface area contributed by atoms with Crippen LogP contribution in [0.1, 0.15) is 5.56 Å². The molecule has 0 atom stereocenters. The molecule has 0 fully saturated rings. The Kier molecular flexibility index (Phi) is 3.15. The first kappa shape index (κ1) is 11.0. The van der Waals surface area contributed by atoms with E-state index < -0.39 is 0 Å². The van der Waals surface area contributed by atoms with Gasteiger partial charge in [0.25, 0.3) is 0 Å². The Balaban J connectivity index is 2.26. The molecule has 0 saturated carbocycles. The lowest BCUT2D eigenvalue weighted by molar-refractivity contribution is 0.626. The number of anilines is 1. The van der Waals surface area contributed by atoms with Crippen LogP contribution in [0.25, 0.3) is 0 Å². The third kappa shape index (κ3) is 2.55. The molecule has 1 nitrogen and oxygen atoms in total. The fraction of sp³-hybridized carbons (Fsp3) is 0.0769. The van der Waals surface area contributed by atoms with Crippen LogP contribution in [-0.2, 0) is 0 Å². The van der Waals surface area contributed by atoms with Gasteiger partial charge in [-0.15, -0.1) is 0 Å². The molecule has 16 heavy (non-hydrogen) atoms. The monoisotopic (exact) mass is 233 g/mol. The predicted octanol–water partition coefficient (Wildman–Crippen LogP) is 3.87. The minimum absolute atomic E-state index is 0.221. The molecule has 0 unspecified atom stereocenters. The molecule has 2 N–H and O–H groups in total. The molecule has 2 rings (SSSR count). The summed E-state index contributed by atoms with van der Waals surface area (Å²) >= 11 is 1.55. The van der Waals surface area contributed by atoms with Crippen LogP contribution in [0.5, 0.6) is 0 Å². The lowest BCUT2D eigenvalue weighted by atomic mass is 10.2. The number of nitrogens with two attached hydrogens (primary N) is 1. The fourth-order valence-corrected chi connectivity index (χ4v) is 2.32. The Labute approximate surface area is 98.5 Å². The van der Waals surface area contributed by atoms with Gasteiger partial charge in [0.2, 0.25) is 0 Å². The zero-order valence-corrected chi connectivity index (χ0v) is 9.72. The Hall–Kier alpha value is -1.48. The highest BCUT2D eigenvalue weighted by atomic mass is 32.2. The number of halogens is 1. The smallest absolute Gasteiger partial charge is 0.123 e. The highest BCUT2D eigenvalue weighted by Gasteiger charge is 2.02. The van der Waals surface area contributed by atoms with Gasteiger partial charge in [-0.3, -0.25) is 0 Å². The highest BCUT2D eigenvalue weighted by molar-refractivity contribution is 7.99. The van der Waals surface area contributed by atoms with Crippen molar-refractivity contribution in [3.05, 3.63) is 53.8 Å². The second-order valence-electron chi connectivity index (χ2n) is 3.60. The molecule has 0 bridgehead atoms. The summed E-state index contributed by atoms with van der Waals surface area (Å²) in [5.74, 6) is -0.221. The van der Waals surface area contributed by atoms with Gasteiger partial charge in [-0.2, -0.15) is 0 Å². The Morgan fingerprint density at radius 2 is 1.75 bits per heavy atom. The fourth-order valence-electron chi connectivity index (χ4n) is 1.36. The molecule has 2 aromatic carbocycles. The average Bonchev–Trinajstić information content (AvgIpc) is 2.27. The molecule has 82 valence electrons. The van der Waals surface area contributed by atoms with E-state index in [4.69, 9.17) is 5.73 Å². The van der Waals surface area contributed by atoms with Gasteiger partial charge in [-0.25, -0.2) is 4.39 Å². The van der Waals surface area contributed by atoms with E-state index in [9.17, 15) is 4.39 Å². The SMILES string of the molecule is Cc1ccc(N)c(Sc2ccc(F)cc2)c1. The third-order valence-corrected chi connectivity index (χ3v) is 3.29. The Morgan fingerprint density at radius 1 is 1.06 bits per heavy atom. The first-order chi connectivity index (χ1) is 7.65. The third-order valence-electron chi connectivity index (χ3n) is 2.21. The van der Waals surface area contributed by atoms with Crippen LogP contribution in [0.15, 0.2) is 52.3 Å². The van der Waals surface area contributed by atoms with Gasteiger partial charge in [0.05, 0.1) is 0 Å². The van der Waals surface area contributed by atoms with Gasteiger partial charge in [-0.05, 0) is 48.9 Å². The van der Waals surface area contributed by atoms with Gasteiger partial charge in [0.15, 0.2) is 0 Å². The highest BCUT2D eigenvalue weighted by Crippen LogP contribution is 2.32. The first-order valence-electron chi connectivity index (χ1n) is 4.95. The minimum atomic E-state index is -0.221. The molecule has 0 aromatic heterocycles. The van der Waals surface area contributed by atoms with E-state index in [0.717, 1.165) is 15.5 Å². The summed E-state index contributed by atoms with van der Waals surface area (Å²) in [6.45, 7) is 2.02. The van der Waals surface area contributed by atoms with Crippen LogP contribution in [0.4, 0.5) is 10.1 Å². The minimum Gasteiger partial charge on any atom is -0.398 e. The summed E-state index contributed by atoms with van der Waals surface area (Å²) in [4.78, 5) is 1.99. The van der Waals surface area contributed by atoms with E-state index in [-0.39, 0.29) is 5.82 Å². The van der Waals surface area contributed by atoms with E-state index in [1.807, 2.05) is 25.1 Å². The van der Waals surface area contributed by atoms with Crippen LogP contribution in [0.2, 0.25) is 0 Å². The topological polar surface area (TPSA) is 26.0 Å². The second kappa shape index (κ2) is 4.58. The molecule has 0 spiro atoms. The molecule has 0 heterocycles. The van der Waals surface area contributed by atoms with E-state index >= 15 is 0 Å². The van der Waals surface area contributed by atoms with Crippen molar-refractivity contribution in [2.45, 2.75) is 16.7 Å². The van der Waals surface area contributed by atoms with Crippen LogP contribution in [0, 0.1) is 12.7 Å². The number of hydrogen-bond acceptors (Lipinski definition) is 2. The maximum absolute atomic E-state index is 12.7. The lowest BCUT2D eigenvalue weighted by Crippen LogP contribution is -1.88. The summed E-state index contributed by atoms with van der Waals surface area (Å²) in [7, 11) is 0. The van der Waals surface area contributed by atoms with E-state index in [1.165, 1.54) is 17.7 Å². The number of benzene rings is 2. The van der Waals surface area contributed by atoms with Crippen molar-refractivity contribution in [1.82, 2.24) is 0 Å². The van der Waals surface area contributed by atoms with Crippen molar-refractivity contribution in [3.8, 4) is 0 Å². The lowest BCUT2D eigenvalue weighted by Gasteiger charge is -2.06. The summed E-state index contributed by atoms with van der Waals surface area (Å²) < 4.78 is 12.7. The van der Waals surface area contributed by atoms with Gasteiger partial charge in [-0.1, -0.05) is 17.8 Å². The first-order valence-corrected chi connectivity index (χ1v) is 5.76. The van der Waals surface area contributed by atoms with E-state index in [1.54, 1.807) is 23.9 Å². The summed E-state index contributed by atoms with van der Waals surface area (Å²) in [5, 5.41) is 0. The molecular weight excluding hydrogens is 221 g/mol. The van der Waals surface area contributed by atoms with Crippen LogP contribution in [-0.4, -0.2) is 0 Å². The molecule has 0 aliphatic rings. The average molecular weight is 233 g/mol. The number of rotatable bonds is 2. The molecule has 2 aromatic rings. The van der Waals surface area contributed by atoms with Crippen LogP contribution < -0.4 is 5.73 Å². The van der Waals surface area contributed by atoms with E-state index in [0.29, 0.717) is 0 Å². The number of nitrogen functional groups attached to an aromatic ring is 1. The van der Waals surface area contributed by atoms with Crippen molar-refractivity contribution >= 4 is 17.4 Å². The number of aryl methyl sites for hydroxylation is 1. The normalized spacial score (nSPS) is 10.4. The molecular formula is C13H12FNS. The van der Waals surface area contributed by atoms with Gasteiger partial charge in [0, 0.05) is 15.5 Å². The molecule has 0 saturated heterocycles. The van der Waals surface area contributed by atoms with Crippen LogP contribution >= 0.6 is 11.8 Å². The summed E-state index contributed by atoms with van der Waals surface area (Å²) in [6.07, 6.45) is 0. The zero-order chi connectivity index (χ0) is 11.5. The molecule has 0 radical (unpaired) electrons. The quantitative estimate of drug-likeness (QED) is 0.797. The largest absolute Gasteiger partial charge is 0.398 e. The second-order valence-corrected chi connectivity index (χ2v) is 4.71. The standard InChI is InChI=1S/C13H12FNS/c1-9-2-7-12(15)13(8-9)16-11-5-3-10(14)4-6-11/h2-8H,15H2,1H3. The van der Waals surface area contributed by atoms with Gasteiger partial charge < -0.3 is 5.73 Å². The van der Waals surface area contributed by atoms with Crippen LogP contribution in [0.3, 0.4) is 0 Å². The predicted molar refractivity (Wildman–Crippen MR) is 66.1 cm³/mol. The van der Waals surface area contributed by atoms with Gasteiger partial charge in [0.1, 0.15) is 5.82 Å². The van der Waals surface area contributed by atoms with Gasteiger partial charge >= 0.3 is 0 Å².